The van der Waals surface area contributed by atoms with Crippen LogP contribution in [0.4, 0.5) is 5.69 Å². The first kappa shape index (κ1) is 22.1. The van der Waals surface area contributed by atoms with E-state index in [-0.39, 0.29) is 48.4 Å². The second-order valence-electron chi connectivity index (χ2n) is 9.29. The van der Waals surface area contributed by atoms with Crippen LogP contribution < -0.4 is 10.6 Å². The van der Waals surface area contributed by atoms with Crippen LogP contribution >= 0.6 is 0 Å². The van der Waals surface area contributed by atoms with Crippen LogP contribution in [0.5, 0.6) is 0 Å². The summed E-state index contributed by atoms with van der Waals surface area (Å²) in [5.74, 6) is -3.89. The smallest absolute Gasteiger partial charge is 0.308 e. The molecule has 1 saturated carbocycles. The summed E-state index contributed by atoms with van der Waals surface area (Å²) in [6, 6.07) is 3.76. The predicted molar refractivity (Wildman–Crippen MR) is 116 cm³/mol. The van der Waals surface area contributed by atoms with Gasteiger partial charge in [0.1, 0.15) is 6.04 Å². The molecule has 34 heavy (non-hydrogen) atoms. The first-order valence-corrected chi connectivity index (χ1v) is 11.4. The van der Waals surface area contributed by atoms with Crippen molar-refractivity contribution in [1.29, 1.82) is 0 Å². The first-order chi connectivity index (χ1) is 16.2. The largest absolute Gasteiger partial charge is 0.481 e. The lowest BCUT2D eigenvalue weighted by Crippen LogP contribution is -2.54. The number of carbonyl (C=O) groups excluding carboxylic acids is 5. The van der Waals surface area contributed by atoms with Crippen LogP contribution in [0.15, 0.2) is 18.2 Å². The molecule has 11 nitrogen and oxygen atoms in total. The van der Waals surface area contributed by atoms with E-state index in [1.165, 1.54) is 6.07 Å². The Hall–Kier alpha value is -3.76. The maximum absolute atomic E-state index is 13.2. The molecule has 5 rings (SSSR count). The van der Waals surface area contributed by atoms with E-state index in [2.05, 4.69) is 10.6 Å². The van der Waals surface area contributed by atoms with Crippen molar-refractivity contribution in [2.75, 3.05) is 18.4 Å². The van der Waals surface area contributed by atoms with Crippen LogP contribution in [0.25, 0.3) is 0 Å². The van der Waals surface area contributed by atoms with Crippen molar-refractivity contribution in [2.24, 2.45) is 11.8 Å². The molecule has 3 N–H and O–H groups in total. The SMILES string of the molecule is O=C1CCC(N2C(=O)c3cccc(NC4CC(C(=O)N5CCC(C(=O)O)C5)C4)c3C2=O)C(=O)N1. The molecule has 178 valence electrons. The van der Waals surface area contributed by atoms with Gasteiger partial charge in [0.15, 0.2) is 0 Å². The average molecular weight is 468 g/mol. The number of nitrogens with one attached hydrogen (secondary N) is 2. The molecule has 3 fully saturated rings. The van der Waals surface area contributed by atoms with Crippen molar-refractivity contribution >= 4 is 41.2 Å². The lowest BCUT2D eigenvalue weighted by atomic mass is 9.79. The number of aliphatic carboxylic acids is 1. The minimum Gasteiger partial charge on any atom is -0.481 e. The summed E-state index contributed by atoms with van der Waals surface area (Å²) >= 11 is 0. The van der Waals surface area contributed by atoms with Gasteiger partial charge in [-0.3, -0.25) is 39.0 Å². The van der Waals surface area contributed by atoms with Crippen molar-refractivity contribution in [3.8, 4) is 0 Å². The number of anilines is 1. The predicted octanol–water partition coefficient (Wildman–Crippen LogP) is 0.211. The number of carboxylic acids is 1. The average Bonchev–Trinajstić information content (AvgIpc) is 3.35. The first-order valence-electron chi connectivity index (χ1n) is 11.4. The third-order valence-electron chi connectivity index (χ3n) is 7.16. The number of rotatable bonds is 5. The summed E-state index contributed by atoms with van der Waals surface area (Å²) < 4.78 is 0. The molecule has 0 bridgehead atoms. The number of piperidine rings is 1. The number of fused-ring (bicyclic) bond motifs is 1. The van der Waals surface area contributed by atoms with Crippen LogP contribution in [-0.2, 0) is 19.2 Å². The minimum absolute atomic E-state index is 0.0459. The van der Waals surface area contributed by atoms with E-state index in [4.69, 9.17) is 5.11 Å². The van der Waals surface area contributed by atoms with Crippen molar-refractivity contribution in [1.82, 2.24) is 15.1 Å². The van der Waals surface area contributed by atoms with Crippen molar-refractivity contribution in [3.63, 3.8) is 0 Å². The number of carboxylic acid groups (broad SMARTS) is 1. The standard InChI is InChI=1S/C23H24N4O7/c28-17-5-4-16(19(29)25-17)27-21(31)14-2-1-3-15(18(14)22(27)32)24-13-8-12(9-13)20(30)26-7-6-11(10-26)23(33)34/h1-3,11-13,16,24H,4-10H2,(H,33,34)(H,25,28,29). The molecule has 3 heterocycles. The number of carbonyl (C=O) groups is 6. The third kappa shape index (κ3) is 3.61. The normalized spacial score (nSPS) is 28.5. The Kier molecular flexibility index (Phi) is 5.34. The van der Waals surface area contributed by atoms with Gasteiger partial charge in [0.2, 0.25) is 17.7 Å². The lowest BCUT2D eigenvalue weighted by Gasteiger charge is -2.37. The van der Waals surface area contributed by atoms with Gasteiger partial charge in [0.25, 0.3) is 11.8 Å². The fourth-order valence-corrected chi connectivity index (χ4v) is 5.21. The number of imide groups is 2. The number of hydrogen-bond donors (Lipinski definition) is 3. The van der Waals surface area contributed by atoms with Crippen LogP contribution in [0.2, 0.25) is 0 Å². The van der Waals surface area contributed by atoms with Crippen LogP contribution in [0.1, 0.15) is 52.8 Å². The second-order valence-corrected chi connectivity index (χ2v) is 9.29. The van der Waals surface area contributed by atoms with E-state index in [0.717, 1.165) is 4.90 Å². The zero-order valence-corrected chi connectivity index (χ0v) is 18.3. The minimum atomic E-state index is -1.03. The lowest BCUT2D eigenvalue weighted by molar-refractivity contribution is -0.142. The van der Waals surface area contributed by atoms with E-state index in [1.54, 1.807) is 17.0 Å². The maximum atomic E-state index is 13.2. The van der Waals surface area contributed by atoms with E-state index in [0.29, 0.717) is 31.5 Å². The monoisotopic (exact) mass is 468 g/mol. The molecule has 0 spiro atoms. The molecule has 2 saturated heterocycles. The van der Waals surface area contributed by atoms with Crippen molar-refractivity contribution < 1.29 is 33.9 Å². The highest BCUT2D eigenvalue weighted by Gasteiger charge is 2.46. The van der Waals surface area contributed by atoms with Crippen LogP contribution in [0, 0.1) is 11.8 Å². The highest BCUT2D eigenvalue weighted by atomic mass is 16.4. The molecule has 1 aromatic carbocycles. The van der Waals surface area contributed by atoms with Gasteiger partial charge in [0, 0.05) is 37.2 Å². The van der Waals surface area contributed by atoms with E-state index in [9.17, 15) is 28.8 Å². The fourth-order valence-electron chi connectivity index (χ4n) is 5.21. The summed E-state index contributed by atoms with van der Waals surface area (Å²) in [6.07, 6.45) is 1.68. The van der Waals surface area contributed by atoms with E-state index >= 15 is 0 Å². The molecule has 2 atom stereocenters. The quantitative estimate of drug-likeness (QED) is 0.519. The molecule has 5 amide bonds. The zero-order chi connectivity index (χ0) is 24.1. The molecule has 1 aromatic rings. The Morgan fingerprint density at radius 2 is 1.79 bits per heavy atom. The summed E-state index contributed by atoms with van der Waals surface area (Å²) in [5, 5.41) is 14.6. The second kappa shape index (κ2) is 8.23. The summed E-state index contributed by atoms with van der Waals surface area (Å²) in [7, 11) is 0. The summed E-state index contributed by atoms with van der Waals surface area (Å²) in [6.45, 7) is 0.686. The van der Waals surface area contributed by atoms with Gasteiger partial charge in [-0.1, -0.05) is 6.07 Å². The molecular formula is C23H24N4O7. The van der Waals surface area contributed by atoms with Crippen molar-refractivity contribution in [3.05, 3.63) is 29.3 Å². The van der Waals surface area contributed by atoms with Crippen molar-refractivity contribution in [2.45, 2.75) is 44.2 Å². The molecular weight excluding hydrogens is 444 g/mol. The van der Waals surface area contributed by atoms with Gasteiger partial charge in [-0.05, 0) is 37.8 Å². The number of benzene rings is 1. The van der Waals surface area contributed by atoms with Gasteiger partial charge >= 0.3 is 5.97 Å². The Morgan fingerprint density at radius 1 is 1.03 bits per heavy atom. The van der Waals surface area contributed by atoms with Gasteiger partial charge in [-0.25, -0.2) is 0 Å². The number of hydrogen-bond acceptors (Lipinski definition) is 7. The molecule has 3 aliphatic heterocycles. The Morgan fingerprint density at radius 3 is 2.47 bits per heavy atom. The molecule has 4 aliphatic rings. The van der Waals surface area contributed by atoms with Crippen LogP contribution in [0.3, 0.4) is 0 Å². The fraction of sp³-hybridized carbons (Fsp3) is 0.478. The summed E-state index contributed by atoms with van der Waals surface area (Å²) in [5.41, 5.74) is 0.855. The van der Waals surface area contributed by atoms with Gasteiger partial charge in [-0.15, -0.1) is 0 Å². The number of amides is 5. The zero-order valence-electron chi connectivity index (χ0n) is 18.3. The summed E-state index contributed by atoms with van der Waals surface area (Å²) in [4.78, 5) is 76.2. The van der Waals surface area contributed by atoms with E-state index < -0.39 is 41.6 Å². The van der Waals surface area contributed by atoms with Crippen LogP contribution in [-0.4, -0.2) is 75.6 Å². The van der Waals surface area contributed by atoms with Gasteiger partial charge in [-0.2, -0.15) is 0 Å². The molecule has 11 heteroatoms. The number of likely N-dealkylation sites (tertiary alicyclic amines) is 1. The topological polar surface area (TPSA) is 153 Å². The van der Waals surface area contributed by atoms with Gasteiger partial charge < -0.3 is 15.3 Å². The molecule has 0 radical (unpaired) electrons. The molecule has 2 unspecified atom stereocenters. The Bertz CT molecular complexity index is 1130. The molecule has 0 aromatic heterocycles. The maximum Gasteiger partial charge on any atom is 0.308 e. The Balaban J connectivity index is 1.24. The highest BCUT2D eigenvalue weighted by Crippen LogP contribution is 2.37. The van der Waals surface area contributed by atoms with E-state index in [1.807, 2.05) is 0 Å². The Labute approximate surface area is 194 Å². The molecule has 1 aliphatic carbocycles. The highest BCUT2D eigenvalue weighted by molar-refractivity contribution is 6.25. The van der Waals surface area contributed by atoms with Gasteiger partial charge in [0.05, 0.1) is 17.0 Å². The third-order valence-corrected chi connectivity index (χ3v) is 7.16. The number of nitrogens with zero attached hydrogens (tertiary/aromatic N) is 2.